The van der Waals surface area contributed by atoms with Crippen LogP contribution in [0.25, 0.3) is 0 Å². The van der Waals surface area contributed by atoms with E-state index in [-0.39, 0.29) is 36.7 Å². The highest BCUT2D eigenvalue weighted by Crippen LogP contribution is 2.19. The molecule has 0 aliphatic heterocycles. The van der Waals surface area contributed by atoms with Crippen molar-refractivity contribution in [2.75, 3.05) is 35.6 Å². The lowest BCUT2D eigenvalue weighted by molar-refractivity contribution is 0.137. The predicted octanol–water partition coefficient (Wildman–Crippen LogP) is 8.85. The third-order valence-corrected chi connectivity index (χ3v) is 8.39. The molecule has 0 aliphatic rings. The van der Waals surface area contributed by atoms with Crippen molar-refractivity contribution < 1.29 is 14.4 Å². The molecule has 4 aromatic rings. The SMILES string of the molecule is CCCCC(CN(C(=O)Nc1ccccc1)[C@@H](C)CNC(=O)Nc1ccccc1)N(CCCCc1ccccc1)C(=O)Nc1ccccc1. The number of para-hydroxylation sites is 3. The van der Waals surface area contributed by atoms with Crippen LogP contribution in [0.15, 0.2) is 121 Å². The molecular formula is C40H50N6O3. The van der Waals surface area contributed by atoms with Gasteiger partial charge < -0.3 is 31.1 Å². The third kappa shape index (κ3) is 12.7. The Morgan fingerprint density at radius 1 is 0.612 bits per heavy atom. The summed E-state index contributed by atoms with van der Waals surface area (Å²) in [5.74, 6) is 0. The topological polar surface area (TPSA) is 106 Å². The quantitative estimate of drug-likeness (QED) is 0.0849. The Morgan fingerprint density at radius 3 is 1.63 bits per heavy atom. The molecule has 6 amide bonds. The van der Waals surface area contributed by atoms with Crippen molar-refractivity contribution in [3.8, 4) is 0 Å². The zero-order valence-corrected chi connectivity index (χ0v) is 28.7. The highest BCUT2D eigenvalue weighted by atomic mass is 16.2. The number of hydrogen-bond acceptors (Lipinski definition) is 3. The molecule has 2 atom stereocenters. The van der Waals surface area contributed by atoms with E-state index < -0.39 is 0 Å². The van der Waals surface area contributed by atoms with Gasteiger partial charge in [0.15, 0.2) is 0 Å². The van der Waals surface area contributed by atoms with Crippen LogP contribution >= 0.6 is 0 Å². The molecule has 4 N–H and O–H groups in total. The first-order valence-corrected chi connectivity index (χ1v) is 17.3. The Kier molecular flexibility index (Phi) is 15.0. The summed E-state index contributed by atoms with van der Waals surface area (Å²) >= 11 is 0. The van der Waals surface area contributed by atoms with Gasteiger partial charge in [-0.15, -0.1) is 0 Å². The first kappa shape index (κ1) is 36.5. The van der Waals surface area contributed by atoms with E-state index in [1.807, 2.05) is 121 Å². The molecule has 0 bridgehead atoms. The van der Waals surface area contributed by atoms with E-state index in [1.54, 1.807) is 4.90 Å². The minimum Gasteiger partial charge on any atom is -0.336 e. The number of nitrogens with one attached hydrogen (secondary N) is 4. The van der Waals surface area contributed by atoms with E-state index >= 15 is 0 Å². The molecule has 0 radical (unpaired) electrons. The second-order valence-corrected chi connectivity index (χ2v) is 12.2. The maximum atomic E-state index is 14.0. The average Bonchev–Trinajstić information content (AvgIpc) is 3.12. The van der Waals surface area contributed by atoms with Gasteiger partial charge in [-0.05, 0) is 74.6 Å². The highest BCUT2D eigenvalue weighted by Gasteiger charge is 2.30. The van der Waals surface area contributed by atoms with Gasteiger partial charge in [0.25, 0.3) is 0 Å². The van der Waals surface area contributed by atoms with Crippen molar-refractivity contribution >= 4 is 35.2 Å². The maximum Gasteiger partial charge on any atom is 0.322 e. The Bertz CT molecular complexity index is 1540. The maximum absolute atomic E-state index is 14.0. The lowest BCUT2D eigenvalue weighted by Gasteiger charge is -2.38. The summed E-state index contributed by atoms with van der Waals surface area (Å²) in [6, 6.07) is 36.9. The number of anilines is 3. The van der Waals surface area contributed by atoms with Crippen LogP contribution in [0, 0.1) is 0 Å². The van der Waals surface area contributed by atoms with Crippen LogP contribution in [-0.4, -0.2) is 59.6 Å². The number of carbonyl (C=O) groups is 3. The van der Waals surface area contributed by atoms with E-state index in [2.05, 4.69) is 40.3 Å². The molecule has 258 valence electrons. The number of carbonyl (C=O) groups excluding carboxylic acids is 3. The summed E-state index contributed by atoms with van der Waals surface area (Å²) in [7, 11) is 0. The zero-order chi connectivity index (χ0) is 34.7. The van der Waals surface area contributed by atoms with Crippen molar-refractivity contribution in [3.63, 3.8) is 0 Å². The molecule has 0 aromatic heterocycles. The summed E-state index contributed by atoms with van der Waals surface area (Å²) < 4.78 is 0. The fourth-order valence-corrected chi connectivity index (χ4v) is 5.66. The van der Waals surface area contributed by atoms with Gasteiger partial charge in [-0.1, -0.05) is 105 Å². The molecule has 0 heterocycles. The van der Waals surface area contributed by atoms with Crippen LogP contribution in [0.1, 0.15) is 51.5 Å². The highest BCUT2D eigenvalue weighted by molar-refractivity contribution is 5.91. The molecule has 1 unspecified atom stereocenters. The van der Waals surface area contributed by atoms with Crippen LogP contribution < -0.4 is 21.3 Å². The van der Waals surface area contributed by atoms with Crippen molar-refractivity contribution in [2.24, 2.45) is 0 Å². The number of nitrogens with zero attached hydrogens (tertiary/aromatic N) is 2. The number of amides is 6. The predicted molar refractivity (Wildman–Crippen MR) is 200 cm³/mol. The van der Waals surface area contributed by atoms with Gasteiger partial charge in [0.1, 0.15) is 0 Å². The van der Waals surface area contributed by atoms with Gasteiger partial charge in [0.2, 0.25) is 0 Å². The Balaban J connectivity index is 1.54. The van der Waals surface area contributed by atoms with Gasteiger partial charge in [-0.2, -0.15) is 0 Å². The lowest BCUT2D eigenvalue weighted by atomic mass is 10.0. The first-order chi connectivity index (χ1) is 23.9. The molecular weight excluding hydrogens is 612 g/mol. The molecule has 49 heavy (non-hydrogen) atoms. The number of aryl methyl sites for hydroxylation is 1. The van der Waals surface area contributed by atoms with E-state index in [4.69, 9.17) is 0 Å². The second kappa shape index (κ2) is 20.1. The summed E-state index contributed by atoms with van der Waals surface area (Å²) in [6.07, 6.45) is 5.23. The van der Waals surface area contributed by atoms with Crippen molar-refractivity contribution in [1.82, 2.24) is 15.1 Å². The molecule has 0 aliphatic carbocycles. The van der Waals surface area contributed by atoms with E-state index in [1.165, 1.54) is 5.56 Å². The van der Waals surface area contributed by atoms with Crippen molar-refractivity contribution in [2.45, 2.75) is 64.5 Å². The summed E-state index contributed by atoms with van der Waals surface area (Å²) in [4.78, 5) is 44.4. The minimum absolute atomic E-state index is 0.191. The summed E-state index contributed by atoms with van der Waals surface area (Å²) in [5.41, 5.74) is 3.34. The fourth-order valence-electron chi connectivity index (χ4n) is 5.66. The number of rotatable bonds is 17. The van der Waals surface area contributed by atoms with Crippen LogP contribution in [0.4, 0.5) is 31.4 Å². The molecule has 4 aromatic carbocycles. The van der Waals surface area contributed by atoms with Gasteiger partial charge >= 0.3 is 18.1 Å². The summed E-state index contributed by atoms with van der Waals surface area (Å²) in [6.45, 7) is 5.10. The average molecular weight is 663 g/mol. The third-order valence-electron chi connectivity index (χ3n) is 8.39. The second-order valence-electron chi connectivity index (χ2n) is 12.2. The van der Waals surface area contributed by atoms with E-state index in [0.717, 1.165) is 44.2 Å². The van der Waals surface area contributed by atoms with Crippen LogP contribution in [0.3, 0.4) is 0 Å². The van der Waals surface area contributed by atoms with Crippen LogP contribution in [0.5, 0.6) is 0 Å². The number of unbranched alkanes of at least 4 members (excludes halogenated alkanes) is 2. The molecule has 0 spiro atoms. The number of benzene rings is 4. The summed E-state index contributed by atoms with van der Waals surface area (Å²) in [5, 5.41) is 11.9. The van der Waals surface area contributed by atoms with Gasteiger partial charge in [0.05, 0.1) is 6.04 Å². The molecule has 0 saturated carbocycles. The van der Waals surface area contributed by atoms with Crippen molar-refractivity contribution in [1.29, 1.82) is 0 Å². The number of hydrogen-bond donors (Lipinski definition) is 4. The largest absolute Gasteiger partial charge is 0.336 e. The van der Waals surface area contributed by atoms with Gasteiger partial charge in [0, 0.05) is 42.7 Å². The lowest BCUT2D eigenvalue weighted by Crippen LogP contribution is -2.55. The Hall–Kier alpha value is -5.31. The molecule has 9 heteroatoms. The van der Waals surface area contributed by atoms with E-state index in [9.17, 15) is 14.4 Å². The number of urea groups is 3. The van der Waals surface area contributed by atoms with Crippen LogP contribution in [0.2, 0.25) is 0 Å². The van der Waals surface area contributed by atoms with Gasteiger partial charge in [-0.25, -0.2) is 14.4 Å². The fraction of sp³-hybridized carbons (Fsp3) is 0.325. The van der Waals surface area contributed by atoms with E-state index in [0.29, 0.717) is 24.5 Å². The standard InChI is InChI=1S/C40H50N6O3/c1-3-4-28-37(45(39(48)43-35-24-13-7-14-25-35)29-18-17-21-33-19-9-5-10-20-33)31-46(40(49)44-36-26-15-8-16-27-36)32(2)30-41-38(47)42-34-22-11-6-12-23-34/h5-16,19-20,22-27,32,37H,3-4,17-18,21,28-31H2,1-2H3,(H,43,48)(H,44,49)(H2,41,42,47)/t32-,37?/m0/s1. The Labute approximate surface area is 291 Å². The minimum atomic E-state index is -0.383. The molecule has 9 nitrogen and oxygen atoms in total. The first-order valence-electron chi connectivity index (χ1n) is 17.3. The zero-order valence-electron chi connectivity index (χ0n) is 28.7. The normalized spacial score (nSPS) is 11.9. The van der Waals surface area contributed by atoms with Crippen molar-refractivity contribution in [3.05, 3.63) is 127 Å². The molecule has 0 fully saturated rings. The Morgan fingerprint density at radius 2 is 1.10 bits per heavy atom. The molecule has 0 saturated heterocycles. The monoisotopic (exact) mass is 662 g/mol. The molecule has 4 rings (SSSR count). The smallest absolute Gasteiger partial charge is 0.322 e. The van der Waals surface area contributed by atoms with Crippen LogP contribution in [-0.2, 0) is 6.42 Å². The van der Waals surface area contributed by atoms with Gasteiger partial charge in [-0.3, -0.25) is 0 Å².